The molecule has 1 aromatic carbocycles. The highest BCUT2D eigenvalue weighted by Crippen LogP contribution is 2.32. The van der Waals surface area contributed by atoms with E-state index in [1.54, 1.807) is 4.90 Å². The maximum atomic E-state index is 11.3. The number of aliphatic hydroxyl groups is 1. The van der Waals surface area contributed by atoms with E-state index in [0.717, 1.165) is 16.9 Å². The van der Waals surface area contributed by atoms with Gasteiger partial charge in [0.2, 0.25) is 0 Å². The Hall–Kier alpha value is -2.67. The monoisotopic (exact) mass is 343 g/mol. The number of carbonyl (C=O) groups excluding carboxylic acids is 1. The predicted molar refractivity (Wildman–Crippen MR) is 93.6 cm³/mol. The smallest absolute Gasteiger partial charge is 0.309 e. The van der Waals surface area contributed by atoms with E-state index in [0.29, 0.717) is 10.6 Å². The molecule has 1 aromatic heterocycles. The minimum absolute atomic E-state index is 0.146. The molecule has 124 valence electrons. The van der Waals surface area contributed by atoms with Gasteiger partial charge < -0.3 is 14.7 Å². The van der Waals surface area contributed by atoms with Crippen molar-refractivity contribution >= 4 is 34.4 Å². The standard InChI is InChI=1S/C17H17N3O3S/c1-10-9-24-17(19-10)15-13(21)8-20(16(15)18)12-5-3-11(4-6-12)7-14(22)23-2/h3-6,9,18,21H,7-8H2,1-2H3. The summed E-state index contributed by atoms with van der Waals surface area (Å²) in [7, 11) is 1.36. The predicted octanol–water partition coefficient (Wildman–Crippen LogP) is 2.93. The van der Waals surface area contributed by atoms with Gasteiger partial charge in [-0.25, -0.2) is 4.98 Å². The maximum Gasteiger partial charge on any atom is 0.309 e. The normalized spacial score (nSPS) is 14.4. The second-order valence-electron chi connectivity index (χ2n) is 5.47. The van der Waals surface area contributed by atoms with Crippen LogP contribution < -0.4 is 4.90 Å². The molecule has 0 spiro atoms. The number of nitrogens with zero attached hydrogens (tertiary/aromatic N) is 2. The van der Waals surface area contributed by atoms with Gasteiger partial charge in [-0.3, -0.25) is 10.2 Å². The Morgan fingerprint density at radius 2 is 2.12 bits per heavy atom. The number of methoxy groups -OCH3 is 1. The van der Waals surface area contributed by atoms with Gasteiger partial charge in [-0.1, -0.05) is 12.1 Å². The van der Waals surface area contributed by atoms with Crippen LogP contribution in [0.3, 0.4) is 0 Å². The molecule has 0 aliphatic carbocycles. The zero-order chi connectivity index (χ0) is 17.3. The number of aryl methyl sites for hydroxylation is 1. The Kier molecular flexibility index (Phi) is 4.35. The van der Waals surface area contributed by atoms with E-state index in [4.69, 9.17) is 5.41 Å². The Labute approximate surface area is 143 Å². The van der Waals surface area contributed by atoms with Crippen LogP contribution in [0.15, 0.2) is 35.4 Å². The molecule has 0 radical (unpaired) electrons. The number of esters is 1. The molecule has 2 aromatic rings. The first kappa shape index (κ1) is 16.2. The van der Waals surface area contributed by atoms with Gasteiger partial charge in [0.05, 0.1) is 25.6 Å². The lowest BCUT2D eigenvalue weighted by atomic mass is 10.1. The number of carbonyl (C=O) groups is 1. The summed E-state index contributed by atoms with van der Waals surface area (Å²) in [5, 5.41) is 21.2. The average molecular weight is 343 g/mol. The van der Waals surface area contributed by atoms with Crippen LogP contribution in [0.2, 0.25) is 0 Å². The summed E-state index contributed by atoms with van der Waals surface area (Å²) in [5.41, 5.74) is 2.97. The minimum Gasteiger partial charge on any atom is -0.510 e. The average Bonchev–Trinajstić information content (AvgIpc) is 3.11. The van der Waals surface area contributed by atoms with Gasteiger partial charge in [-0.15, -0.1) is 11.3 Å². The number of nitrogens with one attached hydrogen (secondary N) is 1. The van der Waals surface area contributed by atoms with Gasteiger partial charge in [0.15, 0.2) is 0 Å². The SMILES string of the molecule is COC(=O)Cc1ccc(N2CC(O)=C(c3nc(C)cs3)C2=N)cc1. The molecule has 6 nitrogen and oxygen atoms in total. The fraction of sp³-hybridized carbons (Fsp3) is 0.235. The number of benzene rings is 1. The Morgan fingerprint density at radius 3 is 2.71 bits per heavy atom. The second-order valence-corrected chi connectivity index (χ2v) is 6.33. The zero-order valence-corrected chi connectivity index (χ0v) is 14.2. The van der Waals surface area contributed by atoms with E-state index >= 15 is 0 Å². The number of anilines is 1. The van der Waals surface area contributed by atoms with Crippen LogP contribution in [0.4, 0.5) is 5.69 Å². The third kappa shape index (κ3) is 3.03. The van der Waals surface area contributed by atoms with Crippen molar-refractivity contribution in [1.82, 2.24) is 4.98 Å². The van der Waals surface area contributed by atoms with Crippen LogP contribution in [-0.4, -0.2) is 35.5 Å². The number of hydrogen-bond donors (Lipinski definition) is 2. The van der Waals surface area contributed by atoms with Crippen molar-refractivity contribution < 1.29 is 14.6 Å². The van der Waals surface area contributed by atoms with Crippen molar-refractivity contribution in [2.75, 3.05) is 18.6 Å². The number of ether oxygens (including phenoxy) is 1. The molecule has 0 saturated carbocycles. The Bertz CT molecular complexity index is 824. The lowest BCUT2D eigenvalue weighted by Crippen LogP contribution is -2.26. The number of rotatable bonds is 4. The summed E-state index contributed by atoms with van der Waals surface area (Å²) in [5.74, 6) is 0.0768. The number of amidine groups is 1. The molecule has 24 heavy (non-hydrogen) atoms. The molecule has 2 N–H and O–H groups in total. The minimum atomic E-state index is -0.294. The molecule has 0 bridgehead atoms. The van der Waals surface area contributed by atoms with Gasteiger partial charge in [0.1, 0.15) is 16.6 Å². The molecule has 0 fully saturated rings. The highest BCUT2D eigenvalue weighted by molar-refractivity contribution is 7.11. The quantitative estimate of drug-likeness (QED) is 0.834. The van der Waals surface area contributed by atoms with Crippen molar-refractivity contribution in [1.29, 1.82) is 5.41 Å². The molecule has 0 unspecified atom stereocenters. The first-order valence-corrected chi connectivity index (χ1v) is 8.24. The molecular weight excluding hydrogens is 326 g/mol. The van der Waals surface area contributed by atoms with Crippen molar-refractivity contribution in [3.8, 4) is 0 Å². The lowest BCUT2D eigenvalue weighted by Gasteiger charge is -2.18. The summed E-state index contributed by atoms with van der Waals surface area (Å²) in [6, 6.07) is 7.30. The summed E-state index contributed by atoms with van der Waals surface area (Å²) >= 11 is 1.42. The number of hydrogen-bond acceptors (Lipinski definition) is 6. The second kappa shape index (κ2) is 6.45. The molecule has 0 saturated heterocycles. The van der Waals surface area contributed by atoms with Crippen LogP contribution in [0.1, 0.15) is 16.3 Å². The summed E-state index contributed by atoms with van der Waals surface area (Å²) in [6.45, 7) is 2.12. The van der Waals surface area contributed by atoms with Gasteiger partial charge in [-0.05, 0) is 24.6 Å². The third-order valence-electron chi connectivity index (χ3n) is 3.76. The van der Waals surface area contributed by atoms with E-state index in [1.165, 1.54) is 18.4 Å². The van der Waals surface area contributed by atoms with E-state index < -0.39 is 0 Å². The van der Waals surface area contributed by atoms with Gasteiger partial charge in [0.25, 0.3) is 0 Å². The lowest BCUT2D eigenvalue weighted by molar-refractivity contribution is -0.139. The van der Waals surface area contributed by atoms with Gasteiger partial charge in [0, 0.05) is 16.8 Å². The number of aromatic nitrogens is 1. The van der Waals surface area contributed by atoms with Gasteiger partial charge >= 0.3 is 5.97 Å². The third-order valence-corrected chi connectivity index (χ3v) is 4.74. The van der Waals surface area contributed by atoms with Crippen molar-refractivity contribution in [2.24, 2.45) is 0 Å². The molecule has 2 heterocycles. The van der Waals surface area contributed by atoms with Crippen molar-refractivity contribution in [2.45, 2.75) is 13.3 Å². The fourth-order valence-corrected chi connectivity index (χ4v) is 3.39. The summed E-state index contributed by atoms with van der Waals surface area (Å²) < 4.78 is 4.65. The largest absolute Gasteiger partial charge is 0.510 e. The maximum absolute atomic E-state index is 11.3. The van der Waals surface area contributed by atoms with Crippen LogP contribution in [0.5, 0.6) is 0 Å². The highest BCUT2D eigenvalue weighted by atomic mass is 32.1. The molecule has 0 amide bonds. The van der Waals surface area contributed by atoms with Gasteiger partial charge in [-0.2, -0.15) is 0 Å². The van der Waals surface area contributed by atoms with Crippen LogP contribution in [0, 0.1) is 12.3 Å². The fourth-order valence-electron chi connectivity index (χ4n) is 2.53. The van der Waals surface area contributed by atoms with Crippen LogP contribution >= 0.6 is 11.3 Å². The highest BCUT2D eigenvalue weighted by Gasteiger charge is 2.31. The summed E-state index contributed by atoms with van der Waals surface area (Å²) in [4.78, 5) is 17.4. The van der Waals surface area contributed by atoms with E-state index in [1.807, 2.05) is 36.6 Å². The number of thiazole rings is 1. The zero-order valence-electron chi connectivity index (χ0n) is 13.4. The molecule has 1 aliphatic rings. The molecule has 0 atom stereocenters. The summed E-state index contributed by atoms with van der Waals surface area (Å²) in [6.07, 6.45) is 0.210. The van der Waals surface area contributed by atoms with Crippen molar-refractivity contribution in [3.05, 3.63) is 51.7 Å². The topological polar surface area (TPSA) is 86.5 Å². The Balaban J connectivity index is 1.80. The first-order chi connectivity index (χ1) is 11.5. The molecule has 1 aliphatic heterocycles. The first-order valence-electron chi connectivity index (χ1n) is 7.36. The molecular formula is C17H17N3O3S. The van der Waals surface area contributed by atoms with E-state index in [2.05, 4.69) is 9.72 Å². The molecule has 3 rings (SSSR count). The Morgan fingerprint density at radius 1 is 1.42 bits per heavy atom. The van der Waals surface area contributed by atoms with Crippen LogP contribution in [0.25, 0.3) is 5.57 Å². The van der Waals surface area contributed by atoms with E-state index in [-0.39, 0.29) is 30.5 Å². The number of aliphatic hydroxyl groups excluding tert-OH is 1. The van der Waals surface area contributed by atoms with E-state index in [9.17, 15) is 9.90 Å². The van der Waals surface area contributed by atoms with Crippen LogP contribution in [-0.2, 0) is 16.0 Å². The molecule has 7 heteroatoms. The van der Waals surface area contributed by atoms with Crippen molar-refractivity contribution in [3.63, 3.8) is 0 Å².